The largest absolute Gasteiger partial charge is 0.378 e. The van der Waals surface area contributed by atoms with Crippen molar-refractivity contribution in [1.82, 2.24) is 10.2 Å². The zero-order chi connectivity index (χ0) is 15.1. The molecule has 0 aliphatic carbocycles. The number of carbonyl (C=O) groups excluding carboxylic acids is 2. The number of nitrogens with zero attached hydrogens (tertiary/aromatic N) is 1. The van der Waals surface area contributed by atoms with E-state index < -0.39 is 6.04 Å². The van der Waals surface area contributed by atoms with Crippen LogP contribution < -0.4 is 5.32 Å². The van der Waals surface area contributed by atoms with Crippen molar-refractivity contribution in [3.63, 3.8) is 0 Å². The van der Waals surface area contributed by atoms with E-state index in [0.29, 0.717) is 26.3 Å². The van der Waals surface area contributed by atoms with Crippen LogP contribution in [0.4, 0.5) is 0 Å². The van der Waals surface area contributed by atoms with Crippen LogP contribution in [0.15, 0.2) is 0 Å². The van der Waals surface area contributed by atoms with Crippen LogP contribution >= 0.6 is 0 Å². The highest BCUT2D eigenvalue weighted by molar-refractivity contribution is 5.88. The van der Waals surface area contributed by atoms with Crippen molar-refractivity contribution in [2.75, 3.05) is 26.3 Å². The van der Waals surface area contributed by atoms with Crippen LogP contribution in [0.1, 0.15) is 40.5 Å². The summed E-state index contributed by atoms with van der Waals surface area (Å²) in [5, 5.41) is 2.94. The summed E-state index contributed by atoms with van der Waals surface area (Å²) >= 11 is 0. The Kier molecular flexibility index (Phi) is 6.99. The van der Waals surface area contributed by atoms with Gasteiger partial charge in [0.15, 0.2) is 0 Å². The molecule has 2 amide bonds. The first-order chi connectivity index (χ1) is 9.51. The molecule has 1 aliphatic heterocycles. The maximum Gasteiger partial charge on any atom is 0.245 e. The van der Waals surface area contributed by atoms with Crippen molar-refractivity contribution in [3.8, 4) is 0 Å². The van der Waals surface area contributed by atoms with Gasteiger partial charge in [0.1, 0.15) is 6.04 Å². The molecule has 0 aromatic carbocycles. The van der Waals surface area contributed by atoms with Gasteiger partial charge in [0.05, 0.1) is 13.2 Å². The molecule has 1 aliphatic rings. The van der Waals surface area contributed by atoms with Crippen molar-refractivity contribution in [2.24, 2.45) is 11.8 Å². The van der Waals surface area contributed by atoms with Crippen LogP contribution in [-0.4, -0.2) is 49.1 Å². The normalized spacial score (nSPS) is 17.4. The summed E-state index contributed by atoms with van der Waals surface area (Å²) in [7, 11) is 0. The van der Waals surface area contributed by atoms with Crippen LogP contribution in [0.2, 0.25) is 0 Å². The Labute approximate surface area is 122 Å². The van der Waals surface area contributed by atoms with E-state index in [-0.39, 0.29) is 23.7 Å². The lowest BCUT2D eigenvalue weighted by molar-refractivity contribution is -0.142. The molecular formula is C15H28N2O3. The van der Waals surface area contributed by atoms with Gasteiger partial charge in [0.2, 0.25) is 11.8 Å². The predicted octanol–water partition coefficient (Wildman–Crippen LogP) is 1.42. The molecule has 1 fully saturated rings. The van der Waals surface area contributed by atoms with Crippen LogP contribution in [0.5, 0.6) is 0 Å². The molecule has 0 bridgehead atoms. The lowest BCUT2D eigenvalue weighted by Gasteiger charge is -2.32. The Morgan fingerprint density at radius 3 is 2.15 bits per heavy atom. The van der Waals surface area contributed by atoms with Gasteiger partial charge in [-0.15, -0.1) is 0 Å². The minimum absolute atomic E-state index is 0.00434. The summed E-state index contributed by atoms with van der Waals surface area (Å²) in [6.07, 6.45) is 1.61. The van der Waals surface area contributed by atoms with E-state index in [1.165, 1.54) is 0 Å². The molecule has 1 N–H and O–H groups in total. The van der Waals surface area contributed by atoms with Crippen molar-refractivity contribution >= 4 is 11.8 Å². The number of hydrogen-bond donors (Lipinski definition) is 1. The lowest BCUT2D eigenvalue weighted by Crippen LogP contribution is -2.54. The third kappa shape index (κ3) is 4.47. The third-order valence-corrected chi connectivity index (χ3v) is 3.91. The topological polar surface area (TPSA) is 58.6 Å². The van der Waals surface area contributed by atoms with Gasteiger partial charge in [-0.3, -0.25) is 9.59 Å². The Balaban J connectivity index is 2.68. The van der Waals surface area contributed by atoms with E-state index in [2.05, 4.69) is 5.32 Å². The van der Waals surface area contributed by atoms with E-state index in [1.54, 1.807) is 4.90 Å². The summed E-state index contributed by atoms with van der Waals surface area (Å²) in [5.74, 6) is 0.0929. The highest BCUT2D eigenvalue weighted by Crippen LogP contribution is 2.12. The first-order valence-corrected chi connectivity index (χ1v) is 7.68. The molecule has 0 radical (unpaired) electrons. The number of ether oxygens (including phenoxy) is 1. The number of rotatable bonds is 6. The average molecular weight is 284 g/mol. The van der Waals surface area contributed by atoms with Gasteiger partial charge in [-0.25, -0.2) is 0 Å². The average Bonchev–Trinajstić information content (AvgIpc) is 2.46. The molecule has 20 heavy (non-hydrogen) atoms. The lowest BCUT2D eigenvalue weighted by atomic mass is 9.98. The molecule has 5 nitrogen and oxygen atoms in total. The molecule has 1 atom stereocenters. The molecule has 0 spiro atoms. The summed E-state index contributed by atoms with van der Waals surface area (Å²) in [4.78, 5) is 26.5. The van der Waals surface area contributed by atoms with Crippen molar-refractivity contribution in [3.05, 3.63) is 0 Å². The fourth-order valence-electron chi connectivity index (χ4n) is 2.42. The summed E-state index contributed by atoms with van der Waals surface area (Å²) in [5.41, 5.74) is 0. The van der Waals surface area contributed by atoms with E-state index in [1.807, 2.05) is 27.7 Å². The van der Waals surface area contributed by atoms with Crippen LogP contribution in [0.25, 0.3) is 0 Å². The predicted molar refractivity (Wildman–Crippen MR) is 78.2 cm³/mol. The molecule has 116 valence electrons. The summed E-state index contributed by atoms with van der Waals surface area (Å²) < 4.78 is 5.26. The molecule has 0 unspecified atom stereocenters. The SMILES string of the molecule is CCC(CC)C(=O)N[C@@H](C(=O)N1CCOCC1)C(C)C. The summed E-state index contributed by atoms with van der Waals surface area (Å²) in [6, 6.07) is -0.429. The Hall–Kier alpha value is -1.10. The van der Waals surface area contributed by atoms with Crippen LogP contribution in [0.3, 0.4) is 0 Å². The molecule has 0 saturated carbocycles. The molecular weight excluding hydrogens is 256 g/mol. The van der Waals surface area contributed by atoms with Gasteiger partial charge in [0.25, 0.3) is 0 Å². The molecule has 1 heterocycles. The number of amides is 2. The molecule has 5 heteroatoms. The Morgan fingerprint density at radius 2 is 1.70 bits per heavy atom. The number of carbonyl (C=O) groups is 2. The zero-order valence-electron chi connectivity index (χ0n) is 13.1. The minimum Gasteiger partial charge on any atom is -0.378 e. The van der Waals surface area contributed by atoms with Crippen molar-refractivity contribution in [1.29, 1.82) is 0 Å². The van der Waals surface area contributed by atoms with Gasteiger partial charge in [-0.05, 0) is 18.8 Å². The Bertz CT molecular complexity index is 321. The fraction of sp³-hybridized carbons (Fsp3) is 0.867. The second-order valence-electron chi connectivity index (χ2n) is 5.68. The second-order valence-corrected chi connectivity index (χ2v) is 5.68. The van der Waals surface area contributed by atoms with Crippen molar-refractivity contribution in [2.45, 2.75) is 46.6 Å². The zero-order valence-corrected chi connectivity index (χ0v) is 13.1. The van der Waals surface area contributed by atoms with Crippen LogP contribution in [0, 0.1) is 11.8 Å². The molecule has 1 saturated heterocycles. The first-order valence-electron chi connectivity index (χ1n) is 7.68. The molecule has 1 rings (SSSR count). The standard InChI is InChI=1S/C15H28N2O3/c1-5-12(6-2)14(18)16-13(11(3)4)15(19)17-7-9-20-10-8-17/h11-13H,5-10H2,1-4H3,(H,16,18)/t13-/m1/s1. The smallest absolute Gasteiger partial charge is 0.245 e. The van der Waals surface area contributed by atoms with Gasteiger partial charge in [-0.2, -0.15) is 0 Å². The Morgan fingerprint density at radius 1 is 1.15 bits per heavy atom. The molecule has 0 aromatic heterocycles. The van der Waals surface area contributed by atoms with Gasteiger partial charge in [0, 0.05) is 19.0 Å². The number of hydrogen-bond acceptors (Lipinski definition) is 3. The second kappa shape index (κ2) is 8.25. The van der Waals surface area contributed by atoms with E-state index in [0.717, 1.165) is 12.8 Å². The first kappa shape index (κ1) is 17.0. The quantitative estimate of drug-likeness (QED) is 0.802. The van der Waals surface area contributed by atoms with E-state index in [4.69, 9.17) is 4.74 Å². The van der Waals surface area contributed by atoms with Crippen molar-refractivity contribution < 1.29 is 14.3 Å². The highest BCUT2D eigenvalue weighted by Gasteiger charge is 2.30. The number of morpholine rings is 1. The van der Waals surface area contributed by atoms with Gasteiger partial charge < -0.3 is 15.0 Å². The minimum atomic E-state index is -0.429. The highest BCUT2D eigenvalue weighted by atomic mass is 16.5. The summed E-state index contributed by atoms with van der Waals surface area (Å²) in [6.45, 7) is 10.3. The van der Waals surface area contributed by atoms with Gasteiger partial charge >= 0.3 is 0 Å². The number of nitrogens with one attached hydrogen (secondary N) is 1. The monoisotopic (exact) mass is 284 g/mol. The van der Waals surface area contributed by atoms with E-state index in [9.17, 15) is 9.59 Å². The molecule has 0 aromatic rings. The maximum atomic E-state index is 12.5. The maximum absolute atomic E-state index is 12.5. The van der Waals surface area contributed by atoms with Crippen LogP contribution in [-0.2, 0) is 14.3 Å². The van der Waals surface area contributed by atoms with Gasteiger partial charge in [-0.1, -0.05) is 27.7 Å². The van der Waals surface area contributed by atoms with E-state index >= 15 is 0 Å². The third-order valence-electron chi connectivity index (χ3n) is 3.91. The fourth-order valence-corrected chi connectivity index (χ4v) is 2.42.